The Morgan fingerprint density at radius 1 is 1.10 bits per heavy atom. The molecule has 1 saturated carbocycles. The summed E-state index contributed by atoms with van der Waals surface area (Å²) < 4.78 is 0. The topological polar surface area (TPSA) is 15.3 Å². The summed E-state index contributed by atoms with van der Waals surface area (Å²) in [6.07, 6.45) is 8.11. The second-order valence-electron chi connectivity index (χ2n) is 7.70. The standard InChI is InChI=1S/C19H30N2/c1-19(2)11-10-17(14-19)20-15-16-6-8-18(9-7-16)21-12-4-3-5-13-21/h6-9,17,20H,3-5,10-15H2,1-2H3. The van der Waals surface area contributed by atoms with E-state index in [0.717, 1.165) is 6.54 Å². The van der Waals surface area contributed by atoms with Gasteiger partial charge in [0.1, 0.15) is 0 Å². The molecule has 0 aromatic heterocycles. The summed E-state index contributed by atoms with van der Waals surface area (Å²) in [5.41, 5.74) is 3.36. The van der Waals surface area contributed by atoms with Gasteiger partial charge in [0.15, 0.2) is 0 Å². The number of hydrogen-bond acceptors (Lipinski definition) is 2. The van der Waals surface area contributed by atoms with Crippen LogP contribution in [0.3, 0.4) is 0 Å². The first-order chi connectivity index (χ1) is 10.1. The van der Waals surface area contributed by atoms with Crippen LogP contribution in [0.1, 0.15) is 57.9 Å². The Labute approximate surface area is 129 Å². The van der Waals surface area contributed by atoms with E-state index in [1.54, 1.807) is 0 Å². The molecule has 0 radical (unpaired) electrons. The lowest BCUT2D eigenvalue weighted by Gasteiger charge is -2.29. The molecule has 2 nitrogen and oxygen atoms in total. The molecular formula is C19H30N2. The van der Waals surface area contributed by atoms with Crippen LogP contribution in [0.4, 0.5) is 5.69 Å². The zero-order valence-electron chi connectivity index (χ0n) is 13.7. The highest BCUT2D eigenvalue weighted by atomic mass is 15.1. The summed E-state index contributed by atoms with van der Waals surface area (Å²) in [6, 6.07) is 9.93. The lowest BCUT2D eigenvalue weighted by molar-refractivity contribution is 0.364. The van der Waals surface area contributed by atoms with Gasteiger partial charge in [0.25, 0.3) is 0 Å². The molecule has 2 heteroatoms. The summed E-state index contributed by atoms with van der Waals surface area (Å²) >= 11 is 0. The van der Waals surface area contributed by atoms with Crippen LogP contribution in [0.2, 0.25) is 0 Å². The molecule has 1 heterocycles. The molecule has 0 amide bonds. The minimum Gasteiger partial charge on any atom is -0.372 e. The van der Waals surface area contributed by atoms with Crippen molar-refractivity contribution in [2.24, 2.45) is 5.41 Å². The molecule has 0 spiro atoms. The van der Waals surface area contributed by atoms with Crippen LogP contribution in [0.15, 0.2) is 24.3 Å². The molecule has 1 aromatic carbocycles. The fourth-order valence-electron chi connectivity index (χ4n) is 3.85. The van der Waals surface area contributed by atoms with E-state index in [1.165, 1.54) is 62.9 Å². The molecule has 1 atom stereocenters. The molecule has 2 fully saturated rings. The molecule has 0 bridgehead atoms. The summed E-state index contributed by atoms with van der Waals surface area (Å²) in [5.74, 6) is 0. The Morgan fingerprint density at radius 2 is 1.81 bits per heavy atom. The second kappa shape index (κ2) is 6.39. The third kappa shape index (κ3) is 4.00. The van der Waals surface area contributed by atoms with Gasteiger partial charge in [0.2, 0.25) is 0 Å². The Balaban J connectivity index is 1.50. The molecule has 116 valence electrons. The maximum absolute atomic E-state index is 3.74. The normalized spacial score (nSPS) is 25.2. The SMILES string of the molecule is CC1(C)CCC(NCc2ccc(N3CCCCC3)cc2)C1. The van der Waals surface area contributed by atoms with E-state index in [2.05, 4.69) is 48.3 Å². The number of hydrogen-bond donors (Lipinski definition) is 1. The van der Waals surface area contributed by atoms with E-state index >= 15 is 0 Å². The van der Waals surface area contributed by atoms with E-state index in [0.29, 0.717) is 11.5 Å². The van der Waals surface area contributed by atoms with E-state index in [4.69, 9.17) is 0 Å². The van der Waals surface area contributed by atoms with Gasteiger partial charge in [-0.2, -0.15) is 0 Å². The maximum Gasteiger partial charge on any atom is 0.0366 e. The lowest BCUT2D eigenvalue weighted by atomic mass is 9.92. The zero-order chi connectivity index (χ0) is 14.7. The van der Waals surface area contributed by atoms with Crippen molar-refractivity contribution >= 4 is 5.69 Å². The molecule has 2 aliphatic rings. The van der Waals surface area contributed by atoms with Gasteiger partial charge >= 0.3 is 0 Å². The van der Waals surface area contributed by atoms with E-state index in [1.807, 2.05) is 0 Å². The van der Waals surface area contributed by atoms with Crippen LogP contribution in [0, 0.1) is 5.41 Å². The Kier molecular flexibility index (Phi) is 4.54. The van der Waals surface area contributed by atoms with Crippen molar-refractivity contribution in [2.75, 3.05) is 18.0 Å². The predicted octanol–water partition coefficient (Wildman–Crippen LogP) is 4.35. The average Bonchev–Trinajstić information content (AvgIpc) is 2.86. The van der Waals surface area contributed by atoms with Crippen molar-refractivity contribution in [2.45, 2.75) is 65.0 Å². The summed E-state index contributed by atoms with van der Waals surface area (Å²) in [6.45, 7) is 8.26. The molecule has 1 aromatic rings. The van der Waals surface area contributed by atoms with Crippen molar-refractivity contribution in [3.8, 4) is 0 Å². The number of benzene rings is 1. The van der Waals surface area contributed by atoms with Crippen LogP contribution in [-0.2, 0) is 6.54 Å². The molecule has 21 heavy (non-hydrogen) atoms. The number of nitrogens with one attached hydrogen (secondary N) is 1. The molecule has 3 rings (SSSR count). The minimum atomic E-state index is 0.537. The van der Waals surface area contributed by atoms with Crippen molar-refractivity contribution < 1.29 is 0 Å². The van der Waals surface area contributed by atoms with Gasteiger partial charge in [0, 0.05) is 31.4 Å². The molecule has 1 aliphatic heterocycles. The fraction of sp³-hybridized carbons (Fsp3) is 0.684. The van der Waals surface area contributed by atoms with E-state index < -0.39 is 0 Å². The van der Waals surface area contributed by atoms with Crippen molar-refractivity contribution in [1.29, 1.82) is 0 Å². The van der Waals surface area contributed by atoms with Crippen LogP contribution < -0.4 is 10.2 Å². The van der Waals surface area contributed by atoms with Crippen LogP contribution in [0.5, 0.6) is 0 Å². The second-order valence-corrected chi connectivity index (χ2v) is 7.70. The lowest BCUT2D eigenvalue weighted by Crippen LogP contribution is -2.29. The minimum absolute atomic E-state index is 0.537. The predicted molar refractivity (Wildman–Crippen MR) is 90.8 cm³/mol. The number of anilines is 1. The van der Waals surface area contributed by atoms with E-state index in [9.17, 15) is 0 Å². The van der Waals surface area contributed by atoms with Gasteiger partial charge in [-0.1, -0.05) is 26.0 Å². The average molecular weight is 286 g/mol. The molecule has 1 unspecified atom stereocenters. The van der Waals surface area contributed by atoms with Crippen molar-refractivity contribution in [3.05, 3.63) is 29.8 Å². The van der Waals surface area contributed by atoms with Crippen LogP contribution >= 0.6 is 0 Å². The highest BCUT2D eigenvalue weighted by molar-refractivity contribution is 5.47. The largest absolute Gasteiger partial charge is 0.372 e. The van der Waals surface area contributed by atoms with Gasteiger partial charge in [-0.3, -0.25) is 0 Å². The van der Waals surface area contributed by atoms with Crippen LogP contribution in [-0.4, -0.2) is 19.1 Å². The maximum atomic E-state index is 3.74. The Morgan fingerprint density at radius 3 is 2.43 bits per heavy atom. The van der Waals surface area contributed by atoms with Gasteiger partial charge in [0.05, 0.1) is 0 Å². The quantitative estimate of drug-likeness (QED) is 0.885. The molecule has 1 aliphatic carbocycles. The van der Waals surface area contributed by atoms with Crippen molar-refractivity contribution in [1.82, 2.24) is 5.32 Å². The van der Waals surface area contributed by atoms with Crippen LogP contribution in [0.25, 0.3) is 0 Å². The summed E-state index contributed by atoms with van der Waals surface area (Å²) in [7, 11) is 0. The number of piperidine rings is 1. The van der Waals surface area contributed by atoms with Gasteiger partial charge in [-0.25, -0.2) is 0 Å². The molecular weight excluding hydrogens is 256 g/mol. The third-order valence-electron chi connectivity index (χ3n) is 5.22. The first-order valence-corrected chi connectivity index (χ1v) is 8.70. The summed E-state index contributed by atoms with van der Waals surface area (Å²) in [4.78, 5) is 2.53. The monoisotopic (exact) mass is 286 g/mol. The first-order valence-electron chi connectivity index (χ1n) is 8.70. The molecule has 1 N–H and O–H groups in total. The smallest absolute Gasteiger partial charge is 0.0366 e. The first kappa shape index (κ1) is 14.9. The number of rotatable bonds is 4. The Bertz CT molecular complexity index is 443. The number of nitrogens with zero attached hydrogens (tertiary/aromatic N) is 1. The van der Waals surface area contributed by atoms with Gasteiger partial charge in [-0.05, 0) is 61.6 Å². The highest BCUT2D eigenvalue weighted by Crippen LogP contribution is 2.37. The van der Waals surface area contributed by atoms with E-state index in [-0.39, 0.29) is 0 Å². The fourth-order valence-corrected chi connectivity index (χ4v) is 3.85. The van der Waals surface area contributed by atoms with Gasteiger partial charge in [-0.15, -0.1) is 0 Å². The highest BCUT2D eigenvalue weighted by Gasteiger charge is 2.30. The Hall–Kier alpha value is -1.02. The third-order valence-corrected chi connectivity index (χ3v) is 5.22. The summed E-state index contributed by atoms with van der Waals surface area (Å²) in [5, 5.41) is 3.74. The molecule has 1 saturated heterocycles. The zero-order valence-corrected chi connectivity index (χ0v) is 13.7. The van der Waals surface area contributed by atoms with Crippen molar-refractivity contribution in [3.63, 3.8) is 0 Å². The van der Waals surface area contributed by atoms with Gasteiger partial charge < -0.3 is 10.2 Å².